The van der Waals surface area contributed by atoms with E-state index in [1.165, 1.54) is 20.3 Å². The van der Waals surface area contributed by atoms with Gasteiger partial charge in [0.05, 0.1) is 19.6 Å². The number of aromatic nitrogens is 1. The van der Waals surface area contributed by atoms with Gasteiger partial charge in [-0.3, -0.25) is 0 Å². The average Bonchev–Trinajstić information content (AvgIpc) is 2.66. The molecule has 0 fully saturated rings. The third kappa shape index (κ3) is 3.55. The number of methoxy groups -OCH3 is 2. The van der Waals surface area contributed by atoms with Gasteiger partial charge in [-0.25, -0.2) is 4.98 Å². The highest BCUT2D eigenvalue weighted by Gasteiger charge is 2.49. The van der Waals surface area contributed by atoms with Gasteiger partial charge >= 0.3 is 15.6 Å². The Labute approximate surface area is 158 Å². The summed E-state index contributed by atoms with van der Waals surface area (Å²) >= 11 is 0. The highest BCUT2D eigenvalue weighted by atomic mass is 32.2. The minimum absolute atomic E-state index is 0.0931. The van der Waals surface area contributed by atoms with Crippen LogP contribution in [0.2, 0.25) is 0 Å². The summed E-state index contributed by atoms with van der Waals surface area (Å²) in [5.41, 5.74) is -4.53. The van der Waals surface area contributed by atoms with Gasteiger partial charge in [0.2, 0.25) is 5.88 Å². The Kier molecular flexibility index (Phi) is 5.07. The number of benzene rings is 2. The number of ether oxygens (including phenoxy) is 2. The minimum Gasteiger partial charge on any atom is -0.496 e. The monoisotopic (exact) mass is 413 g/mol. The summed E-state index contributed by atoms with van der Waals surface area (Å²) in [7, 11) is -3.11. The maximum Gasteiger partial charge on any atom is 0.534 e. The zero-order chi connectivity index (χ0) is 20.5. The molecule has 0 aliphatic carbocycles. The van der Waals surface area contributed by atoms with E-state index in [1.807, 2.05) is 0 Å². The molecule has 1 aromatic heterocycles. The lowest BCUT2D eigenvalue weighted by molar-refractivity contribution is -0.0501. The van der Waals surface area contributed by atoms with Crippen LogP contribution in [-0.2, 0) is 10.1 Å². The summed E-state index contributed by atoms with van der Waals surface area (Å²) in [5, 5.41) is 0.435. The smallest absolute Gasteiger partial charge is 0.496 e. The molecular formula is C18H14F3NO5S. The number of halogens is 3. The average molecular weight is 413 g/mol. The van der Waals surface area contributed by atoms with Gasteiger partial charge < -0.3 is 13.7 Å². The van der Waals surface area contributed by atoms with Gasteiger partial charge in [0.15, 0.2) is 0 Å². The van der Waals surface area contributed by atoms with Crippen molar-refractivity contribution in [2.45, 2.75) is 5.51 Å². The van der Waals surface area contributed by atoms with Crippen molar-refractivity contribution in [1.29, 1.82) is 0 Å². The van der Waals surface area contributed by atoms with Crippen molar-refractivity contribution in [2.75, 3.05) is 14.2 Å². The summed E-state index contributed by atoms with van der Waals surface area (Å²) < 4.78 is 75.9. The first-order chi connectivity index (χ1) is 13.2. The van der Waals surface area contributed by atoms with Crippen LogP contribution >= 0.6 is 0 Å². The van der Waals surface area contributed by atoms with Crippen LogP contribution in [0, 0.1) is 0 Å². The number of pyridine rings is 1. The molecule has 0 spiro atoms. The predicted octanol–water partition coefficient (Wildman–Crippen LogP) is 4.15. The van der Waals surface area contributed by atoms with E-state index < -0.39 is 21.5 Å². The predicted molar refractivity (Wildman–Crippen MR) is 95.9 cm³/mol. The van der Waals surface area contributed by atoms with Crippen LogP contribution in [0.1, 0.15) is 0 Å². The molecule has 0 aliphatic heterocycles. The number of hydrogen-bond acceptors (Lipinski definition) is 6. The van der Waals surface area contributed by atoms with Crippen LogP contribution in [0.15, 0.2) is 48.5 Å². The first kappa shape index (κ1) is 19.7. The summed E-state index contributed by atoms with van der Waals surface area (Å²) in [6.07, 6.45) is 0. The molecule has 0 radical (unpaired) electrons. The van der Waals surface area contributed by atoms with Crippen LogP contribution in [0.5, 0.6) is 17.4 Å². The van der Waals surface area contributed by atoms with Gasteiger partial charge in [-0.2, -0.15) is 21.6 Å². The quantitative estimate of drug-likeness (QED) is 0.462. The number of rotatable bonds is 5. The highest BCUT2D eigenvalue weighted by molar-refractivity contribution is 7.87. The van der Waals surface area contributed by atoms with E-state index in [4.69, 9.17) is 9.47 Å². The molecule has 0 unspecified atom stereocenters. The van der Waals surface area contributed by atoms with E-state index in [1.54, 1.807) is 36.4 Å². The molecule has 2 aromatic carbocycles. The second kappa shape index (κ2) is 7.19. The third-order valence-electron chi connectivity index (χ3n) is 3.87. The van der Waals surface area contributed by atoms with Crippen LogP contribution in [0.25, 0.3) is 22.0 Å². The molecule has 1 heterocycles. The Morgan fingerprint density at radius 1 is 0.929 bits per heavy atom. The lowest BCUT2D eigenvalue weighted by atomic mass is 10.00. The molecule has 0 saturated heterocycles. The maximum absolute atomic E-state index is 12.7. The van der Waals surface area contributed by atoms with Crippen molar-refractivity contribution in [1.82, 2.24) is 4.98 Å². The number of nitrogens with zero attached hydrogens (tertiary/aromatic N) is 1. The van der Waals surface area contributed by atoms with E-state index >= 15 is 0 Å². The Morgan fingerprint density at radius 2 is 1.54 bits per heavy atom. The van der Waals surface area contributed by atoms with E-state index in [0.717, 1.165) is 6.07 Å². The van der Waals surface area contributed by atoms with Gasteiger partial charge in [-0.05, 0) is 17.7 Å². The minimum atomic E-state index is -5.89. The molecule has 3 rings (SSSR count). The molecule has 0 atom stereocenters. The summed E-state index contributed by atoms with van der Waals surface area (Å²) in [4.78, 5) is 3.93. The van der Waals surface area contributed by atoms with Crippen LogP contribution in [0.4, 0.5) is 13.2 Å². The van der Waals surface area contributed by atoms with Gasteiger partial charge in [-0.15, -0.1) is 0 Å². The number of hydrogen-bond donors (Lipinski definition) is 0. The van der Waals surface area contributed by atoms with E-state index in [9.17, 15) is 21.6 Å². The Balaban J connectivity index is 2.34. The van der Waals surface area contributed by atoms with Gasteiger partial charge in [-0.1, -0.05) is 30.3 Å². The van der Waals surface area contributed by atoms with Crippen molar-refractivity contribution in [3.63, 3.8) is 0 Å². The second-order valence-electron chi connectivity index (χ2n) is 5.55. The highest BCUT2D eigenvalue weighted by Crippen LogP contribution is 2.41. The van der Waals surface area contributed by atoms with Gasteiger partial charge in [0, 0.05) is 11.6 Å². The van der Waals surface area contributed by atoms with Gasteiger partial charge in [0.1, 0.15) is 17.0 Å². The van der Waals surface area contributed by atoms with E-state index in [-0.39, 0.29) is 11.3 Å². The molecule has 28 heavy (non-hydrogen) atoms. The second-order valence-corrected chi connectivity index (χ2v) is 7.09. The topological polar surface area (TPSA) is 74.7 Å². The Morgan fingerprint density at radius 3 is 2.11 bits per heavy atom. The lowest BCUT2D eigenvalue weighted by Gasteiger charge is -2.16. The Bertz CT molecular complexity index is 1120. The van der Waals surface area contributed by atoms with Crippen LogP contribution < -0.4 is 13.7 Å². The molecule has 0 amide bonds. The summed E-state index contributed by atoms with van der Waals surface area (Å²) in [6, 6.07) is 12.8. The SMILES string of the molecule is COc1ccc(OC)c2c(-c3ccccc3)cc(OS(=O)(=O)C(F)(F)F)nc12. The normalized spacial score (nSPS) is 12.0. The first-order valence-electron chi connectivity index (χ1n) is 7.80. The van der Waals surface area contributed by atoms with Crippen molar-refractivity contribution in [3.05, 3.63) is 48.5 Å². The summed E-state index contributed by atoms with van der Waals surface area (Å²) in [6.45, 7) is 0. The molecule has 0 N–H and O–H groups in total. The molecule has 6 nitrogen and oxygen atoms in total. The van der Waals surface area contributed by atoms with E-state index in [0.29, 0.717) is 22.3 Å². The number of alkyl halides is 3. The van der Waals surface area contributed by atoms with Gasteiger partial charge in [0.25, 0.3) is 0 Å². The molecule has 10 heteroatoms. The lowest BCUT2D eigenvalue weighted by Crippen LogP contribution is -2.28. The molecule has 0 saturated carbocycles. The number of fused-ring (bicyclic) bond motifs is 1. The molecule has 0 bridgehead atoms. The summed E-state index contributed by atoms with van der Waals surface area (Å²) in [5.74, 6) is -0.148. The fourth-order valence-corrected chi connectivity index (χ4v) is 3.05. The maximum atomic E-state index is 12.7. The molecular weight excluding hydrogens is 399 g/mol. The molecule has 3 aromatic rings. The largest absolute Gasteiger partial charge is 0.534 e. The first-order valence-corrected chi connectivity index (χ1v) is 9.20. The fraction of sp³-hybridized carbons (Fsp3) is 0.167. The standard InChI is InChI=1S/C18H14F3NO5S/c1-25-13-8-9-14(26-2)17-16(13)12(11-6-4-3-5-7-11)10-15(22-17)27-28(23,24)18(19,20)21/h3-10H,1-2H3. The van der Waals surface area contributed by atoms with E-state index in [2.05, 4.69) is 9.17 Å². The zero-order valence-electron chi connectivity index (χ0n) is 14.6. The van der Waals surface area contributed by atoms with Crippen molar-refractivity contribution in [2.24, 2.45) is 0 Å². The van der Waals surface area contributed by atoms with Crippen LogP contribution in [-0.4, -0.2) is 33.1 Å². The third-order valence-corrected chi connectivity index (χ3v) is 4.82. The molecule has 0 aliphatic rings. The van der Waals surface area contributed by atoms with Crippen molar-refractivity contribution < 1.29 is 35.2 Å². The zero-order valence-corrected chi connectivity index (χ0v) is 15.5. The Hall–Kier alpha value is -3.01. The molecule has 148 valence electrons. The fourth-order valence-electron chi connectivity index (χ4n) is 2.65. The van der Waals surface area contributed by atoms with Crippen LogP contribution in [0.3, 0.4) is 0 Å². The van der Waals surface area contributed by atoms with Crippen molar-refractivity contribution in [3.8, 4) is 28.5 Å². The van der Waals surface area contributed by atoms with Crippen molar-refractivity contribution >= 4 is 21.0 Å².